The number of aliphatic carboxylic acids is 1. The fourth-order valence-corrected chi connectivity index (χ4v) is 6.03. The highest BCUT2D eigenvalue weighted by molar-refractivity contribution is 5.87. The molecule has 56 heavy (non-hydrogen) atoms. The van der Waals surface area contributed by atoms with E-state index in [0.29, 0.717) is 12.8 Å². The standard InChI is InChI=1S/C47H80N2O7/c1-3-5-7-9-11-12-13-14-15-16-17-18-19-20-21-22-23-24-25-26-27-29-35-39-46(53)56-42(36-32-28-10-8-6-4-2)37-33-30-31-34-38-44(51)48-40-45(52)49-43(41-50)47(54)55/h8,10,13-14,16-17,19-20,32,36,42-43,50H,3-7,9,11-12,15,18,21-31,33-35,37-41H2,1-2H3,(H,48,51)(H,49,52)(H,54,55)/b10-8-,14-13-,17-16-,20-19-,36-32-. The van der Waals surface area contributed by atoms with Crippen molar-refractivity contribution in [1.29, 1.82) is 0 Å². The first-order valence-electron chi connectivity index (χ1n) is 22.2. The molecule has 2 unspecified atom stereocenters. The van der Waals surface area contributed by atoms with Gasteiger partial charge in [0.05, 0.1) is 13.2 Å². The lowest BCUT2D eigenvalue weighted by Gasteiger charge is -2.15. The maximum Gasteiger partial charge on any atom is 0.328 e. The van der Waals surface area contributed by atoms with E-state index >= 15 is 0 Å². The highest BCUT2D eigenvalue weighted by atomic mass is 16.5. The first kappa shape index (κ1) is 52.5. The Morgan fingerprint density at radius 3 is 1.62 bits per heavy atom. The number of amides is 2. The summed E-state index contributed by atoms with van der Waals surface area (Å²) in [5, 5.41) is 22.5. The van der Waals surface area contributed by atoms with Gasteiger partial charge in [-0.25, -0.2) is 4.79 Å². The summed E-state index contributed by atoms with van der Waals surface area (Å²) in [4.78, 5) is 47.4. The lowest BCUT2D eigenvalue weighted by molar-refractivity contribution is -0.147. The van der Waals surface area contributed by atoms with E-state index in [1.807, 2.05) is 6.08 Å². The fraction of sp³-hybridized carbons (Fsp3) is 0.702. The summed E-state index contributed by atoms with van der Waals surface area (Å²) in [5.41, 5.74) is 0. The summed E-state index contributed by atoms with van der Waals surface area (Å²) in [6, 6.07) is -1.39. The summed E-state index contributed by atoms with van der Waals surface area (Å²) >= 11 is 0. The number of rotatable bonds is 39. The minimum Gasteiger partial charge on any atom is -0.480 e. The summed E-state index contributed by atoms with van der Waals surface area (Å²) in [6.07, 6.45) is 50.0. The van der Waals surface area contributed by atoms with Crippen LogP contribution in [0.2, 0.25) is 0 Å². The molecular formula is C47H80N2O7. The van der Waals surface area contributed by atoms with Gasteiger partial charge in [0, 0.05) is 12.8 Å². The van der Waals surface area contributed by atoms with Crippen LogP contribution in [-0.2, 0) is 23.9 Å². The molecule has 0 bridgehead atoms. The van der Waals surface area contributed by atoms with Crippen molar-refractivity contribution in [3.63, 3.8) is 0 Å². The van der Waals surface area contributed by atoms with E-state index in [4.69, 9.17) is 14.9 Å². The summed E-state index contributed by atoms with van der Waals surface area (Å²) in [7, 11) is 0. The number of nitrogens with one attached hydrogen (secondary N) is 2. The maximum absolute atomic E-state index is 12.7. The average molecular weight is 785 g/mol. The number of esters is 1. The molecule has 0 radical (unpaired) electrons. The van der Waals surface area contributed by atoms with Gasteiger partial charge in [0.2, 0.25) is 11.8 Å². The average Bonchev–Trinajstić information content (AvgIpc) is 3.18. The third-order valence-electron chi connectivity index (χ3n) is 9.45. The number of hydrogen-bond acceptors (Lipinski definition) is 6. The first-order valence-corrected chi connectivity index (χ1v) is 22.2. The van der Waals surface area contributed by atoms with E-state index in [2.05, 4.69) is 79.2 Å². The Bertz CT molecular complexity index is 1130. The molecule has 0 aromatic rings. The number of aliphatic hydroxyl groups excluding tert-OH is 1. The van der Waals surface area contributed by atoms with Gasteiger partial charge in [0.25, 0.3) is 0 Å². The highest BCUT2D eigenvalue weighted by Crippen LogP contribution is 2.15. The third kappa shape index (κ3) is 37.5. The molecule has 4 N–H and O–H groups in total. The molecule has 0 rings (SSSR count). The minimum atomic E-state index is -1.39. The second-order valence-corrected chi connectivity index (χ2v) is 14.8. The number of aliphatic hydroxyl groups is 1. The molecule has 0 saturated carbocycles. The van der Waals surface area contributed by atoms with Gasteiger partial charge in [-0.05, 0) is 83.1 Å². The van der Waals surface area contributed by atoms with Gasteiger partial charge in [-0.2, -0.15) is 0 Å². The van der Waals surface area contributed by atoms with Crippen LogP contribution in [0.1, 0.15) is 187 Å². The molecule has 0 heterocycles. The van der Waals surface area contributed by atoms with Crippen LogP contribution in [-0.4, -0.2) is 59.3 Å². The van der Waals surface area contributed by atoms with Crippen molar-refractivity contribution in [3.05, 3.63) is 60.8 Å². The number of carboxylic acids is 1. The van der Waals surface area contributed by atoms with Gasteiger partial charge in [0.15, 0.2) is 0 Å². The zero-order chi connectivity index (χ0) is 41.2. The zero-order valence-electron chi connectivity index (χ0n) is 35.4. The van der Waals surface area contributed by atoms with Gasteiger partial charge in [-0.1, -0.05) is 152 Å². The van der Waals surface area contributed by atoms with Crippen LogP contribution in [0.25, 0.3) is 0 Å². The van der Waals surface area contributed by atoms with E-state index in [9.17, 15) is 19.2 Å². The van der Waals surface area contributed by atoms with Crippen molar-refractivity contribution in [3.8, 4) is 0 Å². The van der Waals surface area contributed by atoms with Crippen molar-refractivity contribution >= 4 is 23.8 Å². The quantitative estimate of drug-likeness (QED) is 0.0276. The summed E-state index contributed by atoms with van der Waals surface area (Å²) in [6.45, 7) is 3.34. The number of ether oxygens (including phenoxy) is 1. The molecule has 2 atom stereocenters. The molecule has 0 saturated heterocycles. The van der Waals surface area contributed by atoms with E-state index in [-0.39, 0.29) is 30.9 Å². The molecule has 0 spiro atoms. The number of carbonyl (C=O) groups is 4. The number of hydrogen-bond donors (Lipinski definition) is 4. The Morgan fingerprint density at radius 1 is 0.554 bits per heavy atom. The molecule has 0 aromatic heterocycles. The highest BCUT2D eigenvalue weighted by Gasteiger charge is 2.18. The van der Waals surface area contributed by atoms with Gasteiger partial charge in [0.1, 0.15) is 12.1 Å². The van der Waals surface area contributed by atoms with Crippen LogP contribution < -0.4 is 10.6 Å². The SMILES string of the molecule is CCC/C=C\C/C=C\C(CCCCCCC(=O)NCC(=O)NC(CO)C(=O)O)OC(=O)CCCCCCCCCC/C=C\C/C=C\C/C=C\CCCCCCC. The topological polar surface area (TPSA) is 142 Å². The van der Waals surface area contributed by atoms with E-state index in [0.717, 1.165) is 83.5 Å². The Kier molecular flexibility index (Phi) is 38.6. The number of unbranched alkanes of at least 4 members (excludes halogenated alkanes) is 17. The second-order valence-electron chi connectivity index (χ2n) is 14.8. The van der Waals surface area contributed by atoms with Gasteiger partial charge in [-0.15, -0.1) is 0 Å². The zero-order valence-corrected chi connectivity index (χ0v) is 35.4. The molecule has 9 heteroatoms. The molecule has 9 nitrogen and oxygen atoms in total. The Balaban J connectivity index is 4.09. The van der Waals surface area contributed by atoms with Crippen molar-refractivity contribution in [2.75, 3.05) is 13.2 Å². The summed E-state index contributed by atoms with van der Waals surface area (Å²) < 4.78 is 5.86. The lowest BCUT2D eigenvalue weighted by Crippen LogP contribution is -2.47. The molecule has 0 fully saturated rings. The molecular weight excluding hydrogens is 705 g/mol. The van der Waals surface area contributed by atoms with Crippen molar-refractivity contribution in [1.82, 2.24) is 10.6 Å². The third-order valence-corrected chi connectivity index (χ3v) is 9.45. The van der Waals surface area contributed by atoms with E-state index in [1.165, 1.54) is 70.6 Å². The maximum atomic E-state index is 12.7. The smallest absolute Gasteiger partial charge is 0.328 e. The predicted octanol–water partition coefficient (Wildman–Crippen LogP) is 10.9. The molecule has 0 aromatic carbocycles. The molecule has 0 aliphatic rings. The first-order chi connectivity index (χ1) is 27.3. The molecule has 0 aliphatic heterocycles. The van der Waals surface area contributed by atoms with Crippen LogP contribution in [0.4, 0.5) is 0 Å². The Labute approximate surface area is 341 Å². The lowest BCUT2D eigenvalue weighted by atomic mass is 10.1. The molecule has 320 valence electrons. The minimum absolute atomic E-state index is 0.139. The fourth-order valence-electron chi connectivity index (χ4n) is 6.03. The van der Waals surface area contributed by atoms with Crippen molar-refractivity contribution in [2.45, 2.75) is 199 Å². The van der Waals surface area contributed by atoms with Crippen LogP contribution in [0.15, 0.2) is 60.8 Å². The largest absolute Gasteiger partial charge is 0.480 e. The van der Waals surface area contributed by atoms with Crippen LogP contribution in [0, 0.1) is 0 Å². The van der Waals surface area contributed by atoms with Crippen molar-refractivity contribution in [2.24, 2.45) is 0 Å². The van der Waals surface area contributed by atoms with Gasteiger partial charge < -0.3 is 25.6 Å². The monoisotopic (exact) mass is 785 g/mol. The molecule has 0 aliphatic carbocycles. The molecule has 2 amide bonds. The van der Waals surface area contributed by atoms with Gasteiger partial charge >= 0.3 is 11.9 Å². The van der Waals surface area contributed by atoms with E-state index in [1.54, 1.807) is 0 Å². The normalized spacial score (nSPS) is 13.1. The van der Waals surface area contributed by atoms with Crippen molar-refractivity contribution < 1.29 is 34.1 Å². The Morgan fingerprint density at radius 2 is 1.05 bits per heavy atom. The summed E-state index contributed by atoms with van der Waals surface area (Å²) in [5.74, 6) is -2.44. The predicted molar refractivity (Wildman–Crippen MR) is 231 cm³/mol. The van der Waals surface area contributed by atoms with E-state index < -0.39 is 24.5 Å². The number of allylic oxidation sites excluding steroid dienone is 9. The van der Waals surface area contributed by atoms with Crippen LogP contribution in [0.3, 0.4) is 0 Å². The number of carbonyl (C=O) groups excluding carboxylic acids is 3. The van der Waals surface area contributed by atoms with Crippen LogP contribution >= 0.6 is 0 Å². The number of carboxylic acid groups (broad SMARTS) is 1. The van der Waals surface area contributed by atoms with Gasteiger partial charge in [-0.3, -0.25) is 14.4 Å². The second kappa shape index (κ2) is 41.2. The Hall–Kier alpha value is -3.46. The van der Waals surface area contributed by atoms with Crippen LogP contribution in [0.5, 0.6) is 0 Å².